The number of rotatable bonds is 6. The summed E-state index contributed by atoms with van der Waals surface area (Å²) in [5, 5.41) is 16.6. The zero-order chi connectivity index (χ0) is 15.3. The zero-order valence-electron chi connectivity index (χ0n) is 12.2. The number of aromatic nitrogens is 1. The van der Waals surface area contributed by atoms with Crippen molar-refractivity contribution in [2.75, 3.05) is 5.32 Å². The molecule has 0 saturated carbocycles. The Hall–Kier alpha value is -1.63. The van der Waals surface area contributed by atoms with Gasteiger partial charge in [0.15, 0.2) is 5.13 Å². The molecule has 1 atom stereocenters. The van der Waals surface area contributed by atoms with Crippen molar-refractivity contribution in [3.8, 4) is 0 Å². The monoisotopic (exact) mass is 299 g/mol. The van der Waals surface area contributed by atoms with E-state index in [0.717, 1.165) is 5.69 Å². The number of hydrogen-bond acceptors (Lipinski definition) is 4. The van der Waals surface area contributed by atoms with Crippen molar-refractivity contribution in [2.24, 2.45) is 0 Å². The fourth-order valence-corrected chi connectivity index (χ4v) is 2.58. The van der Waals surface area contributed by atoms with E-state index < -0.39 is 17.5 Å². The Morgan fingerprint density at radius 1 is 1.50 bits per heavy atom. The van der Waals surface area contributed by atoms with E-state index in [0.29, 0.717) is 18.0 Å². The number of carbonyl (C=O) groups excluding carboxylic acids is 1. The van der Waals surface area contributed by atoms with Gasteiger partial charge in [-0.1, -0.05) is 27.2 Å². The Balaban J connectivity index is 2.68. The van der Waals surface area contributed by atoms with Crippen LogP contribution in [-0.4, -0.2) is 27.6 Å². The lowest BCUT2D eigenvalue weighted by atomic mass is 9.97. The fraction of sp³-hybridized carbons (Fsp3) is 0.615. The van der Waals surface area contributed by atoms with Crippen LogP contribution >= 0.6 is 11.3 Å². The molecule has 3 N–H and O–H groups in total. The molecule has 0 spiro atoms. The minimum Gasteiger partial charge on any atom is -0.480 e. The minimum absolute atomic E-state index is 0.286. The van der Waals surface area contributed by atoms with Crippen molar-refractivity contribution >= 4 is 28.5 Å². The van der Waals surface area contributed by atoms with Crippen molar-refractivity contribution in [3.63, 3.8) is 0 Å². The minimum atomic E-state index is -1.27. The van der Waals surface area contributed by atoms with Gasteiger partial charge in [0.05, 0.1) is 5.69 Å². The smallest absolute Gasteiger partial charge is 0.329 e. The Morgan fingerprint density at radius 3 is 2.60 bits per heavy atom. The molecule has 112 valence electrons. The number of urea groups is 1. The number of carboxylic acids is 1. The first-order chi connectivity index (χ1) is 9.28. The summed E-state index contributed by atoms with van der Waals surface area (Å²) in [7, 11) is 0. The summed E-state index contributed by atoms with van der Waals surface area (Å²) >= 11 is 1.32. The van der Waals surface area contributed by atoms with Crippen LogP contribution in [0.3, 0.4) is 0 Å². The molecule has 1 rings (SSSR count). The van der Waals surface area contributed by atoms with E-state index in [4.69, 9.17) is 0 Å². The number of carboxylic acid groups (broad SMARTS) is 1. The van der Waals surface area contributed by atoms with Crippen molar-refractivity contribution < 1.29 is 14.7 Å². The first-order valence-electron chi connectivity index (χ1n) is 6.56. The van der Waals surface area contributed by atoms with E-state index >= 15 is 0 Å². The van der Waals surface area contributed by atoms with Crippen LogP contribution in [0.5, 0.6) is 0 Å². The highest BCUT2D eigenvalue weighted by Gasteiger charge is 2.33. The quantitative estimate of drug-likeness (QED) is 0.753. The molecule has 7 heteroatoms. The number of anilines is 1. The Kier molecular flexibility index (Phi) is 5.50. The summed E-state index contributed by atoms with van der Waals surface area (Å²) in [6.07, 6.45) is 1.03. The number of aliphatic carboxylic acids is 1. The van der Waals surface area contributed by atoms with E-state index in [9.17, 15) is 14.7 Å². The summed E-state index contributed by atoms with van der Waals surface area (Å²) in [6.45, 7) is 7.40. The van der Waals surface area contributed by atoms with Gasteiger partial charge in [0, 0.05) is 5.38 Å². The fourth-order valence-electron chi connectivity index (χ4n) is 1.71. The molecule has 0 aliphatic rings. The maximum absolute atomic E-state index is 11.9. The average molecular weight is 299 g/mol. The lowest BCUT2D eigenvalue weighted by molar-refractivity contribution is -0.143. The summed E-state index contributed by atoms with van der Waals surface area (Å²) in [6, 6.07) is -0.548. The third kappa shape index (κ3) is 4.19. The van der Waals surface area contributed by atoms with Crippen molar-refractivity contribution in [3.05, 3.63) is 11.1 Å². The Labute approximate surface area is 122 Å². The highest BCUT2D eigenvalue weighted by molar-refractivity contribution is 7.13. The first-order valence-corrected chi connectivity index (χ1v) is 7.44. The Bertz CT molecular complexity index is 487. The topological polar surface area (TPSA) is 91.3 Å². The molecule has 0 aliphatic carbocycles. The van der Waals surface area contributed by atoms with Crippen molar-refractivity contribution in [1.29, 1.82) is 0 Å². The van der Waals surface area contributed by atoms with Gasteiger partial charge in [-0.25, -0.2) is 14.6 Å². The number of hydrogen-bond donors (Lipinski definition) is 3. The summed E-state index contributed by atoms with van der Waals surface area (Å²) < 4.78 is 0. The molecule has 1 aromatic rings. The highest BCUT2D eigenvalue weighted by atomic mass is 32.1. The highest BCUT2D eigenvalue weighted by Crippen LogP contribution is 2.21. The first kappa shape index (κ1) is 16.4. The van der Waals surface area contributed by atoms with Gasteiger partial charge in [-0.15, -0.1) is 11.3 Å². The molecule has 6 nitrogen and oxygen atoms in total. The van der Waals surface area contributed by atoms with Crippen LogP contribution in [0, 0.1) is 0 Å². The molecule has 20 heavy (non-hydrogen) atoms. The van der Waals surface area contributed by atoms with Crippen LogP contribution < -0.4 is 10.6 Å². The third-order valence-corrected chi connectivity index (χ3v) is 3.72. The van der Waals surface area contributed by atoms with Gasteiger partial charge in [0.25, 0.3) is 0 Å². The molecule has 0 aliphatic heterocycles. The predicted octanol–water partition coefficient (Wildman–Crippen LogP) is 3.03. The maximum atomic E-state index is 11.9. The summed E-state index contributed by atoms with van der Waals surface area (Å²) in [5.41, 5.74) is -0.364. The lowest BCUT2D eigenvalue weighted by Gasteiger charge is -2.25. The maximum Gasteiger partial charge on any atom is 0.329 e. The van der Waals surface area contributed by atoms with Crippen LogP contribution in [-0.2, 0) is 4.79 Å². The van der Waals surface area contributed by atoms with Gasteiger partial charge < -0.3 is 10.4 Å². The van der Waals surface area contributed by atoms with Gasteiger partial charge in [-0.3, -0.25) is 5.32 Å². The number of carbonyl (C=O) groups is 2. The standard InChI is InChI=1S/C13H21N3O3S/c1-5-6-13(4,10(17)18)16-11(19)15-12-14-9(7-20-12)8(2)3/h7-8H,5-6H2,1-4H3,(H,17,18)(H2,14,15,16,19). The molecule has 1 heterocycles. The van der Waals surface area contributed by atoms with E-state index in [1.807, 2.05) is 26.2 Å². The predicted molar refractivity (Wildman–Crippen MR) is 79.3 cm³/mol. The molecular formula is C13H21N3O3S. The number of thiazole rings is 1. The van der Waals surface area contributed by atoms with Crippen LogP contribution in [0.4, 0.5) is 9.93 Å². The second kappa shape index (κ2) is 6.69. The summed E-state index contributed by atoms with van der Waals surface area (Å²) in [4.78, 5) is 27.4. The SMILES string of the molecule is CCCC(C)(NC(=O)Nc1nc(C(C)C)cs1)C(=O)O. The molecule has 0 fully saturated rings. The van der Waals surface area contributed by atoms with E-state index in [1.54, 1.807) is 0 Å². The van der Waals surface area contributed by atoms with Crippen LogP contribution in [0.15, 0.2) is 5.38 Å². The third-order valence-electron chi connectivity index (χ3n) is 2.95. The zero-order valence-corrected chi connectivity index (χ0v) is 13.0. The van der Waals surface area contributed by atoms with E-state index in [2.05, 4.69) is 15.6 Å². The normalized spacial score (nSPS) is 13.8. The van der Waals surface area contributed by atoms with Gasteiger partial charge in [-0.05, 0) is 19.3 Å². The van der Waals surface area contributed by atoms with Crippen LogP contribution in [0.1, 0.15) is 52.1 Å². The van der Waals surface area contributed by atoms with Gasteiger partial charge >= 0.3 is 12.0 Å². The number of nitrogens with zero attached hydrogens (tertiary/aromatic N) is 1. The van der Waals surface area contributed by atoms with Gasteiger partial charge in [-0.2, -0.15) is 0 Å². The van der Waals surface area contributed by atoms with Crippen molar-refractivity contribution in [2.45, 2.75) is 52.0 Å². The molecule has 1 unspecified atom stereocenters. The van der Waals surface area contributed by atoms with E-state index in [1.165, 1.54) is 18.3 Å². The molecule has 0 aromatic carbocycles. The number of nitrogens with one attached hydrogen (secondary N) is 2. The lowest BCUT2D eigenvalue weighted by Crippen LogP contribution is -2.53. The summed E-state index contributed by atoms with van der Waals surface area (Å²) in [5.74, 6) is -0.759. The molecular weight excluding hydrogens is 278 g/mol. The molecule has 1 aromatic heterocycles. The van der Waals surface area contributed by atoms with E-state index in [-0.39, 0.29) is 5.92 Å². The van der Waals surface area contributed by atoms with Crippen LogP contribution in [0.25, 0.3) is 0 Å². The largest absolute Gasteiger partial charge is 0.480 e. The van der Waals surface area contributed by atoms with Gasteiger partial charge in [0.1, 0.15) is 5.54 Å². The molecule has 0 saturated heterocycles. The van der Waals surface area contributed by atoms with Crippen molar-refractivity contribution in [1.82, 2.24) is 10.3 Å². The number of amides is 2. The average Bonchev–Trinajstić information content (AvgIpc) is 2.77. The van der Waals surface area contributed by atoms with Crippen LogP contribution in [0.2, 0.25) is 0 Å². The second-order valence-electron chi connectivity index (χ2n) is 5.20. The molecule has 0 bridgehead atoms. The molecule has 2 amide bonds. The Morgan fingerprint density at radius 2 is 2.15 bits per heavy atom. The second-order valence-corrected chi connectivity index (χ2v) is 6.06. The molecule has 0 radical (unpaired) electrons. The van der Waals surface area contributed by atoms with Gasteiger partial charge in [0.2, 0.25) is 0 Å².